The van der Waals surface area contributed by atoms with Crippen molar-refractivity contribution < 1.29 is 4.79 Å². The van der Waals surface area contributed by atoms with Gasteiger partial charge in [-0.2, -0.15) is 5.10 Å². The number of amides is 1. The smallest absolute Gasteiger partial charge is 0.286 e. The van der Waals surface area contributed by atoms with E-state index in [-0.39, 0.29) is 5.82 Å². The molecule has 0 bridgehead atoms. The van der Waals surface area contributed by atoms with E-state index in [2.05, 4.69) is 15.2 Å². The van der Waals surface area contributed by atoms with Gasteiger partial charge in [0.15, 0.2) is 0 Å². The summed E-state index contributed by atoms with van der Waals surface area (Å²) in [6.45, 7) is 0. The van der Waals surface area contributed by atoms with Gasteiger partial charge in [-0.15, -0.1) is 5.10 Å². The maximum absolute atomic E-state index is 10.4. The summed E-state index contributed by atoms with van der Waals surface area (Å²) in [6, 6.07) is 0. The van der Waals surface area contributed by atoms with Crippen LogP contribution in [0.5, 0.6) is 0 Å². The van der Waals surface area contributed by atoms with E-state index in [9.17, 15) is 9.59 Å². The number of hydrogen-bond donors (Lipinski definition) is 2. The van der Waals surface area contributed by atoms with Crippen LogP contribution < -0.4 is 11.3 Å². The Morgan fingerprint density at radius 3 is 2.80 bits per heavy atom. The zero-order chi connectivity index (χ0) is 7.56. The third-order valence-corrected chi connectivity index (χ3v) is 0.808. The van der Waals surface area contributed by atoms with Crippen molar-refractivity contribution in [3.63, 3.8) is 0 Å². The second-order valence-electron chi connectivity index (χ2n) is 1.55. The molecular formula is C4H4N4O2. The Kier molecular flexibility index (Phi) is 1.44. The van der Waals surface area contributed by atoms with Crippen LogP contribution in [-0.2, 0) is 0 Å². The van der Waals surface area contributed by atoms with Crippen LogP contribution in [0.2, 0.25) is 0 Å². The minimum Gasteiger partial charge on any atom is -0.363 e. The van der Waals surface area contributed by atoms with Gasteiger partial charge >= 0.3 is 0 Å². The highest BCUT2D eigenvalue weighted by atomic mass is 16.2. The first-order valence-electron chi connectivity index (χ1n) is 2.42. The molecule has 10 heavy (non-hydrogen) atoms. The predicted molar refractivity (Wildman–Crippen MR) is 31.2 cm³/mol. The topological polar surface area (TPSA) is 102 Å². The average molecular weight is 140 g/mol. The Labute approximate surface area is 55.1 Å². The van der Waals surface area contributed by atoms with Gasteiger partial charge in [-0.05, 0) is 0 Å². The molecular weight excluding hydrogens is 136 g/mol. The first-order chi connectivity index (χ1) is 4.70. The number of primary amides is 1. The predicted octanol–water partition coefficient (Wildman–Crippen LogP) is -1.74. The van der Waals surface area contributed by atoms with Gasteiger partial charge < -0.3 is 5.73 Å². The number of aromatic amines is 1. The van der Waals surface area contributed by atoms with Gasteiger partial charge in [0.1, 0.15) is 6.20 Å². The number of aromatic nitrogens is 3. The number of nitrogens with two attached hydrogens (primary N) is 1. The molecule has 0 saturated carbocycles. The SMILES string of the molecule is NC(=O)c1nncc(=O)[nH]1. The van der Waals surface area contributed by atoms with Gasteiger partial charge in [0.05, 0.1) is 0 Å². The molecule has 0 aromatic carbocycles. The fourth-order valence-corrected chi connectivity index (χ4v) is 0.424. The Balaban J connectivity index is 3.20. The Hall–Kier alpha value is -1.72. The van der Waals surface area contributed by atoms with E-state index in [1.54, 1.807) is 0 Å². The maximum atomic E-state index is 10.4. The lowest BCUT2D eigenvalue weighted by Gasteiger charge is -1.88. The van der Waals surface area contributed by atoms with Crippen LogP contribution in [0.25, 0.3) is 0 Å². The summed E-state index contributed by atoms with van der Waals surface area (Å²) < 4.78 is 0. The molecule has 0 unspecified atom stereocenters. The normalized spacial score (nSPS) is 9.20. The molecule has 1 heterocycles. The largest absolute Gasteiger partial charge is 0.363 e. The first kappa shape index (κ1) is 6.40. The number of H-pyrrole nitrogens is 1. The molecule has 0 saturated heterocycles. The third kappa shape index (κ3) is 1.16. The molecule has 0 spiro atoms. The van der Waals surface area contributed by atoms with Gasteiger partial charge in [-0.25, -0.2) is 0 Å². The van der Waals surface area contributed by atoms with Crippen LogP contribution >= 0.6 is 0 Å². The molecule has 1 rings (SSSR count). The van der Waals surface area contributed by atoms with Crippen LogP contribution in [0.1, 0.15) is 10.6 Å². The first-order valence-corrected chi connectivity index (χ1v) is 2.42. The van der Waals surface area contributed by atoms with Crippen molar-refractivity contribution in [2.75, 3.05) is 0 Å². The quantitative estimate of drug-likeness (QED) is 0.483. The van der Waals surface area contributed by atoms with Gasteiger partial charge in [-0.3, -0.25) is 14.6 Å². The van der Waals surface area contributed by atoms with E-state index in [1.165, 1.54) is 0 Å². The fourth-order valence-electron chi connectivity index (χ4n) is 0.424. The second kappa shape index (κ2) is 2.26. The molecule has 1 aromatic rings. The highest BCUT2D eigenvalue weighted by Gasteiger charge is 2.00. The number of rotatable bonds is 1. The van der Waals surface area contributed by atoms with E-state index >= 15 is 0 Å². The highest BCUT2D eigenvalue weighted by molar-refractivity contribution is 5.88. The molecule has 0 aliphatic rings. The standard InChI is InChI=1S/C4H4N4O2/c5-3(10)4-7-2(9)1-6-8-4/h1H,(H2,5,10)(H,7,8,9). The van der Waals surface area contributed by atoms with Crippen molar-refractivity contribution in [2.45, 2.75) is 0 Å². The lowest BCUT2D eigenvalue weighted by Crippen LogP contribution is -2.21. The van der Waals surface area contributed by atoms with Crippen molar-refractivity contribution in [3.8, 4) is 0 Å². The minimum absolute atomic E-state index is 0.229. The van der Waals surface area contributed by atoms with E-state index < -0.39 is 11.5 Å². The van der Waals surface area contributed by atoms with Gasteiger partial charge in [0, 0.05) is 0 Å². The van der Waals surface area contributed by atoms with Crippen molar-refractivity contribution >= 4 is 5.91 Å². The lowest BCUT2D eigenvalue weighted by molar-refractivity contribution is 0.0989. The van der Waals surface area contributed by atoms with Gasteiger partial charge in [-0.1, -0.05) is 0 Å². The van der Waals surface area contributed by atoms with Crippen LogP contribution in [-0.4, -0.2) is 21.1 Å². The van der Waals surface area contributed by atoms with Gasteiger partial charge in [0.2, 0.25) is 5.82 Å². The molecule has 1 aromatic heterocycles. The number of carbonyl (C=O) groups is 1. The Morgan fingerprint density at radius 1 is 1.70 bits per heavy atom. The summed E-state index contributed by atoms with van der Waals surface area (Å²) in [5.74, 6) is -1.03. The lowest BCUT2D eigenvalue weighted by atomic mass is 10.6. The summed E-state index contributed by atoms with van der Waals surface area (Å²) in [7, 11) is 0. The summed E-state index contributed by atoms with van der Waals surface area (Å²) >= 11 is 0. The monoisotopic (exact) mass is 140 g/mol. The molecule has 0 fully saturated rings. The number of nitrogens with one attached hydrogen (secondary N) is 1. The summed E-state index contributed by atoms with van der Waals surface area (Å²) in [6.07, 6.45) is 0.951. The van der Waals surface area contributed by atoms with E-state index in [1.807, 2.05) is 0 Å². The van der Waals surface area contributed by atoms with Crippen LogP contribution in [0.15, 0.2) is 11.0 Å². The number of nitrogens with zero attached hydrogens (tertiary/aromatic N) is 2. The second-order valence-corrected chi connectivity index (χ2v) is 1.55. The zero-order valence-corrected chi connectivity index (χ0v) is 4.87. The van der Waals surface area contributed by atoms with Crippen LogP contribution in [0.4, 0.5) is 0 Å². The van der Waals surface area contributed by atoms with E-state index in [4.69, 9.17) is 5.73 Å². The summed E-state index contributed by atoms with van der Waals surface area (Å²) in [5.41, 5.74) is 4.27. The van der Waals surface area contributed by atoms with Gasteiger partial charge in [0.25, 0.3) is 11.5 Å². The third-order valence-electron chi connectivity index (χ3n) is 0.808. The molecule has 0 atom stereocenters. The van der Waals surface area contributed by atoms with Crippen molar-refractivity contribution in [2.24, 2.45) is 5.73 Å². The van der Waals surface area contributed by atoms with Crippen molar-refractivity contribution in [3.05, 3.63) is 22.4 Å². The average Bonchev–Trinajstić information content (AvgIpc) is 1.88. The maximum Gasteiger partial charge on any atom is 0.286 e. The zero-order valence-electron chi connectivity index (χ0n) is 4.87. The number of carbonyl (C=O) groups excluding carboxylic acids is 1. The van der Waals surface area contributed by atoms with Crippen LogP contribution in [0.3, 0.4) is 0 Å². The molecule has 0 aliphatic heterocycles. The molecule has 3 N–H and O–H groups in total. The molecule has 0 aliphatic carbocycles. The highest BCUT2D eigenvalue weighted by Crippen LogP contribution is 1.74. The number of hydrogen-bond acceptors (Lipinski definition) is 4. The summed E-state index contributed by atoms with van der Waals surface area (Å²) in [4.78, 5) is 22.8. The Morgan fingerprint density at radius 2 is 2.40 bits per heavy atom. The minimum atomic E-state index is -0.801. The summed E-state index contributed by atoms with van der Waals surface area (Å²) in [5, 5.41) is 6.47. The molecule has 0 radical (unpaired) electrons. The van der Waals surface area contributed by atoms with Crippen LogP contribution in [0, 0.1) is 0 Å². The Bertz CT molecular complexity index is 304. The van der Waals surface area contributed by atoms with Crippen molar-refractivity contribution in [1.82, 2.24) is 15.2 Å². The van der Waals surface area contributed by atoms with E-state index in [0.29, 0.717) is 0 Å². The molecule has 52 valence electrons. The molecule has 1 amide bonds. The molecule has 6 heteroatoms. The fraction of sp³-hybridized carbons (Fsp3) is 0. The van der Waals surface area contributed by atoms with Crippen molar-refractivity contribution in [1.29, 1.82) is 0 Å². The molecule has 6 nitrogen and oxygen atoms in total. The van der Waals surface area contributed by atoms with E-state index in [0.717, 1.165) is 6.20 Å².